The van der Waals surface area contributed by atoms with Crippen LogP contribution in [-0.4, -0.2) is 35.8 Å². The van der Waals surface area contributed by atoms with Crippen LogP contribution in [0.3, 0.4) is 0 Å². The average molecular weight is 498 g/mol. The van der Waals surface area contributed by atoms with Gasteiger partial charge in [0.15, 0.2) is 15.0 Å². The van der Waals surface area contributed by atoms with Crippen molar-refractivity contribution in [3.8, 4) is 0 Å². The first-order valence-electron chi connectivity index (χ1n) is 10.3. The SMILES string of the molecule is CSc1ccc2nc(N(Cc3cccnc3)C(=O)c3ccc(S(=O)(=O)C(C)C)cc3)sc2c1. The molecule has 33 heavy (non-hydrogen) atoms. The second kappa shape index (κ2) is 9.62. The summed E-state index contributed by atoms with van der Waals surface area (Å²) >= 11 is 3.11. The molecule has 0 bridgehead atoms. The Balaban J connectivity index is 1.72. The lowest BCUT2D eigenvalue weighted by Crippen LogP contribution is -2.30. The number of fused-ring (bicyclic) bond motifs is 1. The fourth-order valence-corrected chi connectivity index (χ4v) is 5.83. The van der Waals surface area contributed by atoms with Gasteiger partial charge in [-0.3, -0.25) is 14.7 Å². The summed E-state index contributed by atoms with van der Waals surface area (Å²) in [6.45, 7) is 3.58. The molecule has 0 spiro atoms. The quantitative estimate of drug-likeness (QED) is 0.316. The first kappa shape index (κ1) is 23.4. The van der Waals surface area contributed by atoms with Crippen LogP contribution in [0.25, 0.3) is 10.2 Å². The molecule has 0 aliphatic carbocycles. The van der Waals surface area contributed by atoms with Crippen LogP contribution in [0.1, 0.15) is 29.8 Å². The van der Waals surface area contributed by atoms with E-state index in [1.54, 1.807) is 55.0 Å². The lowest BCUT2D eigenvalue weighted by atomic mass is 10.2. The van der Waals surface area contributed by atoms with Gasteiger partial charge in [0.25, 0.3) is 5.91 Å². The number of benzene rings is 2. The zero-order valence-electron chi connectivity index (χ0n) is 18.4. The summed E-state index contributed by atoms with van der Waals surface area (Å²) in [4.78, 5) is 25.4. The van der Waals surface area contributed by atoms with E-state index in [1.807, 2.05) is 30.5 Å². The highest BCUT2D eigenvalue weighted by Gasteiger charge is 2.24. The van der Waals surface area contributed by atoms with E-state index in [2.05, 4.69) is 11.1 Å². The van der Waals surface area contributed by atoms with Crippen LogP contribution in [-0.2, 0) is 16.4 Å². The van der Waals surface area contributed by atoms with Gasteiger partial charge in [0, 0.05) is 22.9 Å². The zero-order chi connectivity index (χ0) is 23.6. The third-order valence-electron chi connectivity index (χ3n) is 5.17. The second-order valence-corrected chi connectivity index (χ2v) is 12.1. The van der Waals surface area contributed by atoms with Crippen molar-refractivity contribution in [2.45, 2.75) is 35.4 Å². The van der Waals surface area contributed by atoms with Crippen molar-refractivity contribution in [1.82, 2.24) is 9.97 Å². The molecule has 2 aromatic heterocycles. The molecule has 6 nitrogen and oxygen atoms in total. The number of pyridine rings is 1. The number of nitrogens with zero attached hydrogens (tertiary/aromatic N) is 3. The predicted octanol–water partition coefficient (Wildman–Crippen LogP) is 5.44. The summed E-state index contributed by atoms with van der Waals surface area (Å²) in [5.41, 5.74) is 2.09. The maximum absolute atomic E-state index is 13.6. The molecule has 0 saturated carbocycles. The minimum absolute atomic E-state index is 0.206. The molecule has 2 heterocycles. The van der Waals surface area contributed by atoms with Crippen LogP contribution in [0.2, 0.25) is 0 Å². The van der Waals surface area contributed by atoms with Crippen LogP contribution in [0.4, 0.5) is 5.13 Å². The normalized spacial score (nSPS) is 11.8. The molecule has 0 radical (unpaired) electrons. The van der Waals surface area contributed by atoms with Crippen LogP contribution in [0, 0.1) is 0 Å². The third-order valence-corrected chi connectivity index (χ3v) is 9.11. The minimum atomic E-state index is -3.41. The van der Waals surface area contributed by atoms with Crippen molar-refractivity contribution >= 4 is 54.2 Å². The number of rotatable bonds is 7. The van der Waals surface area contributed by atoms with Gasteiger partial charge in [0.1, 0.15) is 0 Å². The van der Waals surface area contributed by atoms with Crippen molar-refractivity contribution < 1.29 is 13.2 Å². The Bertz CT molecular complexity index is 1380. The van der Waals surface area contributed by atoms with E-state index in [9.17, 15) is 13.2 Å². The monoisotopic (exact) mass is 497 g/mol. The Labute approximate surface area is 201 Å². The van der Waals surface area contributed by atoms with Crippen molar-refractivity contribution in [3.63, 3.8) is 0 Å². The molecule has 0 aliphatic rings. The fraction of sp³-hybridized carbons (Fsp3) is 0.208. The smallest absolute Gasteiger partial charge is 0.260 e. The van der Waals surface area contributed by atoms with Crippen molar-refractivity contribution in [3.05, 3.63) is 78.1 Å². The van der Waals surface area contributed by atoms with Gasteiger partial charge in [-0.05, 0) is 74.2 Å². The highest BCUT2D eigenvalue weighted by atomic mass is 32.2. The second-order valence-electron chi connectivity index (χ2n) is 7.70. The van der Waals surface area contributed by atoms with Gasteiger partial charge in [-0.2, -0.15) is 0 Å². The molecule has 0 aliphatic heterocycles. The van der Waals surface area contributed by atoms with Crippen molar-refractivity contribution in [2.75, 3.05) is 11.2 Å². The van der Waals surface area contributed by atoms with Crippen LogP contribution in [0.5, 0.6) is 0 Å². The van der Waals surface area contributed by atoms with Crippen molar-refractivity contribution in [1.29, 1.82) is 0 Å². The van der Waals surface area contributed by atoms with E-state index in [4.69, 9.17) is 4.98 Å². The minimum Gasteiger partial charge on any atom is -0.279 e. The summed E-state index contributed by atoms with van der Waals surface area (Å²) in [5, 5.41) is 0.0473. The number of amides is 1. The van der Waals surface area contributed by atoms with Crippen molar-refractivity contribution in [2.24, 2.45) is 0 Å². The number of carbonyl (C=O) groups is 1. The molecule has 9 heteroatoms. The van der Waals surface area contributed by atoms with Gasteiger partial charge < -0.3 is 0 Å². The molecule has 0 saturated heterocycles. The number of thioether (sulfide) groups is 1. The lowest BCUT2D eigenvalue weighted by Gasteiger charge is -2.20. The third kappa shape index (κ3) is 4.95. The molecule has 4 rings (SSSR count). The molecule has 1 amide bonds. The number of hydrogen-bond acceptors (Lipinski definition) is 7. The van der Waals surface area contributed by atoms with E-state index < -0.39 is 15.1 Å². The van der Waals surface area contributed by atoms with Crippen LogP contribution < -0.4 is 4.90 Å². The Kier molecular flexibility index (Phi) is 6.83. The summed E-state index contributed by atoms with van der Waals surface area (Å²) in [6, 6.07) is 15.9. The van der Waals surface area contributed by atoms with Gasteiger partial charge >= 0.3 is 0 Å². The highest BCUT2D eigenvalue weighted by Crippen LogP contribution is 2.33. The Morgan fingerprint density at radius 3 is 2.52 bits per heavy atom. The van der Waals surface area contributed by atoms with E-state index in [-0.39, 0.29) is 10.8 Å². The number of sulfone groups is 1. The van der Waals surface area contributed by atoms with Gasteiger partial charge in [-0.15, -0.1) is 11.8 Å². The molecule has 4 aromatic rings. The summed E-state index contributed by atoms with van der Waals surface area (Å²) in [7, 11) is -3.41. The van der Waals surface area contributed by atoms with Gasteiger partial charge in [0.05, 0.1) is 26.9 Å². The van der Waals surface area contributed by atoms with Crippen LogP contribution >= 0.6 is 23.1 Å². The topological polar surface area (TPSA) is 80.2 Å². The standard InChI is InChI=1S/C24H23N3O3S3/c1-16(2)33(29,30)20-9-6-18(7-10-20)23(28)27(15-17-5-4-12-25-14-17)24-26-21-11-8-19(31-3)13-22(21)32-24/h4-14,16H,15H2,1-3H3. The number of hydrogen-bond donors (Lipinski definition) is 0. The summed E-state index contributed by atoms with van der Waals surface area (Å²) in [6.07, 6.45) is 5.42. The summed E-state index contributed by atoms with van der Waals surface area (Å²) in [5.74, 6) is -0.253. The molecule has 0 atom stereocenters. The highest BCUT2D eigenvalue weighted by molar-refractivity contribution is 7.98. The van der Waals surface area contributed by atoms with Crippen LogP contribution in [0.15, 0.2) is 76.8 Å². The van der Waals surface area contributed by atoms with E-state index in [1.165, 1.54) is 23.5 Å². The Morgan fingerprint density at radius 2 is 1.88 bits per heavy atom. The van der Waals surface area contributed by atoms with Gasteiger partial charge in [-0.1, -0.05) is 17.4 Å². The number of thiazole rings is 1. The predicted molar refractivity (Wildman–Crippen MR) is 135 cm³/mol. The van der Waals surface area contributed by atoms with E-state index in [0.29, 0.717) is 17.2 Å². The lowest BCUT2D eigenvalue weighted by molar-refractivity contribution is 0.0985. The zero-order valence-corrected chi connectivity index (χ0v) is 20.9. The maximum atomic E-state index is 13.6. The first-order valence-corrected chi connectivity index (χ1v) is 13.9. The van der Waals surface area contributed by atoms with E-state index in [0.717, 1.165) is 20.7 Å². The fourth-order valence-electron chi connectivity index (χ4n) is 3.25. The molecule has 2 aromatic carbocycles. The molecule has 170 valence electrons. The van der Waals surface area contributed by atoms with E-state index >= 15 is 0 Å². The average Bonchev–Trinajstić information content (AvgIpc) is 3.25. The van der Waals surface area contributed by atoms with Gasteiger partial charge in [-0.25, -0.2) is 13.4 Å². The first-order chi connectivity index (χ1) is 15.8. The number of aromatic nitrogens is 2. The molecular formula is C24H23N3O3S3. The molecule has 0 unspecified atom stereocenters. The Hall–Kier alpha value is -2.75. The number of carbonyl (C=O) groups excluding carboxylic acids is 1. The molecular weight excluding hydrogens is 474 g/mol. The van der Waals surface area contributed by atoms with Gasteiger partial charge in [0.2, 0.25) is 0 Å². The molecule has 0 fully saturated rings. The molecule has 0 N–H and O–H groups in total. The number of anilines is 1. The largest absolute Gasteiger partial charge is 0.279 e. The maximum Gasteiger partial charge on any atom is 0.260 e. The summed E-state index contributed by atoms with van der Waals surface area (Å²) < 4.78 is 25.9. The Morgan fingerprint density at radius 1 is 1.12 bits per heavy atom.